The molecular formula is C21H26N6O. The molecule has 1 heterocycles. The van der Waals surface area contributed by atoms with Crippen molar-refractivity contribution in [3.8, 4) is 11.4 Å². The number of nitrogens with two attached hydrogens (primary N) is 1. The number of H-pyrrole nitrogens is 1. The zero-order chi connectivity index (χ0) is 19.9. The summed E-state index contributed by atoms with van der Waals surface area (Å²) in [5.41, 5.74) is 8.13. The SMILES string of the molecule is CCN(CC)C(C(=O)Nc1ccc(-c2n[nH]c(CN)n2)cc1)c1ccccc1. The summed E-state index contributed by atoms with van der Waals surface area (Å²) in [5.74, 6) is 1.17. The number of nitrogens with zero attached hydrogens (tertiary/aromatic N) is 3. The average Bonchev–Trinajstić information content (AvgIpc) is 3.22. The maximum atomic E-state index is 13.1. The average molecular weight is 378 g/mol. The number of amides is 1. The van der Waals surface area contributed by atoms with Gasteiger partial charge in [0.05, 0.1) is 6.54 Å². The highest BCUT2D eigenvalue weighted by Gasteiger charge is 2.25. The number of benzene rings is 2. The van der Waals surface area contributed by atoms with Gasteiger partial charge in [0.25, 0.3) is 0 Å². The molecule has 28 heavy (non-hydrogen) atoms. The van der Waals surface area contributed by atoms with Crippen LogP contribution in [0.25, 0.3) is 11.4 Å². The van der Waals surface area contributed by atoms with Crippen molar-refractivity contribution in [1.29, 1.82) is 0 Å². The molecule has 4 N–H and O–H groups in total. The first kappa shape index (κ1) is 19.7. The predicted octanol–water partition coefficient (Wildman–Crippen LogP) is 2.95. The van der Waals surface area contributed by atoms with E-state index in [0.717, 1.165) is 29.9 Å². The summed E-state index contributed by atoms with van der Waals surface area (Å²) in [6.07, 6.45) is 0. The van der Waals surface area contributed by atoms with Gasteiger partial charge in [0.1, 0.15) is 11.9 Å². The second-order valence-electron chi connectivity index (χ2n) is 6.41. The highest BCUT2D eigenvalue weighted by Crippen LogP contribution is 2.24. The van der Waals surface area contributed by atoms with E-state index in [4.69, 9.17) is 5.73 Å². The minimum Gasteiger partial charge on any atom is -0.324 e. The van der Waals surface area contributed by atoms with E-state index in [9.17, 15) is 4.79 Å². The molecule has 0 fully saturated rings. The standard InChI is InChI=1S/C21H26N6O/c1-3-27(4-2)19(15-8-6-5-7-9-15)21(28)23-17-12-10-16(11-13-17)20-24-18(14-22)25-26-20/h5-13,19H,3-4,14,22H2,1-2H3,(H,23,28)(H,24,25,26). The molecule has 1 unspecified atom stereocenters. The number of hydrogen-bond donors (Lipinski definition) is 3. The van der Waals surface area contributed by atoms with Crippen LogP contribution in [-0.4, -0.2) is 39.1 Å². The number of anilines is 1. The Hall–Kier alpha value is -3.03. The third-order valence-corrected chi connectivity index (χ3v) is 4.68. The maximum Gasteiger partial charge on any atom is 0.246 e. The van der Waals surface area contributed by atoms with Crippen molar-refractivity contribution in [2.24, 2.45) is 5.73 Å². The van der Waals surface area contributed by atoms with E-state index in [1.54, 1.807) is 0 Å². The summed E-state index contributed by atoms with van der Waals surface area (Å²) in [6.45, 7) is 6.02. The van der Waals surface area contributed by atoms with E-state index in [0.29, 0.717) is 18.2 Å². The van der Waals surface area contributed by atoms with Crippen LogP contribution < -0.4 is 11.1 Å². The van der Waals surface area contributed by atoms with Crippen molar-refractivity contribution < 1.29 is 4.79 Å². The van der Waals surface area contributed by atoms with Gasteiger partial charge in [-0.15, -0.1) is 0 Å². The maximum absolute atomic E-state index is 13.1. The van der Waals surface area contributed by atoms with Gasteiger partial charge in [0.2, 0.25) is 5.91 Å². The summed E-state index contributed by atoms with van der Waals surface area (Å²) in [6, 6.07) is 17.0. The van der Waals surface area contributed by atoms with Gasteiger partial charge in [-0.2, -0.15) is 5.10 Å². The van der Waals surface area contributed by atoms with Crippen molar-refractivity contribution in [3.05, 3.63) is 66.0 Å². The molecule has 0 aliphatic heterocycles. The molecule has 1 aromatic heterocycles. The summed E-state index contributed by atoms with van der Waals surface area (Å²) in [5, 5.41) is 9.98. The van der Waals surface area contributed by atoms with Crippen LogP contribution in [0.4, 0.5) is 5.69 Å². The number of likely N-dealkylation sites (N-methyl/N-ethyl adjacent to an activating group) is 1. The summed E-state index contributed by atoms with van der Waals surface area (Å²) >= 11 is 0. The van der Waals surface area contributed by atoms with Crippen molar-refractivity contribution in [2.45, 2.75) is 26.4 Å². The van der Waals surface area contributed by atoms with Crippen LogP contribution in [0, 0.1) is 0 Å². The molecule has 146 valence electrons. The van der Waals surface area contributed by atoms with Crippen molar-refractivity contribution in [1.82, 2.24) is 20.1 Å². The minimum atomic E-state index is -0.337. The zero-order valence-corrected chi connectivity index (χ0v) is 16.2. The van der Waals surface area contributed by atoms with Crippen molar-refractivity contribution in [2.75, 3.05) is 18.4 Å². The zero-order valence-electron chi connectivity index (χ0n) is 16.2. The van der Waals surface area contributed by atoms with Crippen LogP contribution in [0.3, 0.4) is 0 Å². The molecule has 0 bridgehead atoms. The summed E-state index contributed by atoms with van der Waals surface area (Å²) in [4.78, 5) is 19.5. The Kier molecular flexibility index (Phi) is 6.52. The van der Waals surface area contributed by atoms with Crippen LogP contribution in [0.5, 0.6) is 0 Å². The van der Waals surface area contributed by atoms with Gasteiger partial charge in [0.15, 0.2) is 5.82 Å². The number of aromatic amines is 1. The van der Waals surface area contributed by atoms with Gasteiger partial charge >= 0.3 is 0 Å². The molecular weight excluding hydrogens is 352 g/mol. The lowest BCUT2D eigenvalue weighted by Gasteiger charge is -2.29. The van der Waals surface area contributed by atoms with Gasteiger partial charge in [-0.25, -0.2) is 4.98 Å². The number of nitrogens with one attached hydrogen (secondary N) is 2. The van der Waals surface area contributed by atoms with E-state index in [2.05, 4.69) is 39.2 Å². The summed E-state index contributed by atoms with van der Waals surface area (Å²) in [7, 11) is 0. The Balaban J connectivity index is 1.77. The van der Waals surface area contributed by atoms with Crippen molar-refractivity contribution >= 4 is 11.6 Å². The molecule has 3 rings (SSSR count). The number of hydrogen-bond acceptors (Lipinski definition) is 5. The number of carbonyl (C=O) groups is 1. The first-order valence-corrected chi connectivity index (χ1v) is 9.47. The van der Waals surface area contributed by atoms with Crippen LogP contribution >= 0.6 is 0 Å². The Morgan fingerprint density at radius 3 is 2.36 bits per heavy atom. The number of carbonyl (C=O) groups excluding carboxylic acids is 1. The second-order valence-corrected chi connectivity index (χ2v) is 6.41. The lowest BCUT2D eigenvalue weighted by molar-refractivity contribution is -0.121. The van der Waals surface area contributed by atoms with E-state index in [-0.39, 0.29) is 11.9 Å². The molecule has 7 heteroatoms. The molecule has 0 aliphatic rings. The highest BCUT2D eigenvalue weighted by molar-refractivity contribution is 5.95. The Bertz CT molecular complexity index is 887. The molecule has 2 aromatic carbocycles. The molecule has 0 saturated carbocycles. The largest absolute Gasteiger partial charge is 0.324 e. The molecule has 0 saturated heterocycles. The smallest absolute Gasteiger partial charge is 0.246 e. The predicted molar refractivity (Wildman–Crippen MR) is 110 cm³/mol. The lowest BCUT2D eigenvalue weighted by atomic mass is 10.0. The van der Waals surface area contributed by atoms with Crippen LogP contribution in [0.15, 0.2) is 54.6 Å². The molecule has 0 aliphatic carbocycles. The van der Waals surface area contributed by atoms with Gasteiger partial charge in [0, 0.05) is 11.3 Å². The van der Waals surface area contributed by atoms with E-state index < -0.39 is 0 Å². The fraction of sp³-hybridized carbons (Fsp3) is 0.286. The first-order valence-electron chi connectivity index (χ1n) is 9.47. The lowest BCUT2D eigenvalue weighted by Crippen LogP contribution is -2.37. The normalized spacial score (nSPS) is 12.1. The van der Waals surface area contributed by atoms with E-state index >= 15 is 0 Å². The first-order chi connectivity index (χ1) is 13.7. The van der Waals surface area contributed by atoms with Gasteiger partial charge in [-0.3, -0.25) is 14.8 Å². The highest BCUT2D eigenvalue weighted by atomic mass is 16.2. The van der Waals surface area contributed by atoms with E-state index in [1.165, 1.54) is 0 Å². The second kappa shape index (κ2) is 9.25. The molecule has 0 radical (unpaired) electrons. The molecule has 1 atom stereocenters. The van der Waals surface area contributed by atoms with Gasteiger partial charge in [-0.1, -0.05) is 44.2 Å². The van der Waals surface area contributed by atoms with Gasteiger partial charge in [-0.05, 0) is 42.9 Å². The van der Waals surface area contributed by atoms with Crippen LogP contribution in [0.1, 0.15) is 31.3 Å². The molecule has 7 nitrogen and oxygen atoms in total. The number of rotatable bonds is 8. The topological polar surface area (TPSA) is 99.9 Å². The summed E-state index contributed by atoms with van der Waals surface area (Å²) < 4.78 is 0. The molecule has 0 spiro atoms. The molecule has 3 aromatic rings. The Morgan fingerprint density at radius 1 is 1.11 bits per heavy atom. The number of aromatic nitrogens is 3. The van der Waals surface area contributed by atoms with Gasteiger partial charge < -0.3 is 11.1 Å². The Labute approximate surface area is 165 Å². The van der Waals surface area contributed by atoms with Crippen LogP contribution in [-0.2, 0) is 11.3 Å². The third-order valence-electron chi connectivity index (χ3n) is 4.68. The van der Waals surface area contributed by atoms with Crippen LogP contribution in [0.2, 0.25) is 0 Å². The quantitative estimate of drug-likeness (QED) is 0.560. The minimum absolute atomic E-state index is 0.0500. The van der Waals surface area contributed by atoms with Crippen molar-refractivity contribution in [3.63, 3.8) is 0 Å². The fourth-order valence-corrected chi connectivity index (χ4v) is 3.18. The third kappa shape index (κ3) is 4.44. The Morgan fingerprint density at radius 2 is 1.79 bits per heavy atom. The van der Waals surface area contributed by atoms with E-state index in [1.807, 2.05) is 54.6 Å². The fourth-order valence-electron chi connectivity index (χ4n) is 3.18. The molecule has 1 amide bonds. The monoisotopic (exact) mass is 378 g/mol.